The lowest BCUT2D eigenvalue weighted by Crippen LogP contribution is -2.44. The Morgan fingerprint density at radius 1 is 1.12 bits per heavy atom. The van der Waals surface area contributed by atoms with Crippen molar-refractivity contribution in [3.63, 3.8) is 0 Å². The van der Waals surface area contributed by atoms with Gasteiger partial charge in [-0.1, -0.05) is 44.3 Å². The molecule has 2 aliphatic rings. The number of ether oxygens (including phenoxy) is 2. The Morgan fingerprint density at radius 2 is 1.94 bits per heavy atom. The van der Waals surface area contributed by atoms with Crippen LogP contribution in [-0.2, 0) is 23.9 Å². The van der Waals surface area contributed by atoms with E-state index in [0.29, 0.717) is 31.9 Å². The van der Waals surface area contributed by atoms with E-state index in [2.05, 4.69) is 10.6 Å². The van der Waals surface area contributed by atoms with Crippen LogP contribution in [0, 0.1) is 11.8 Å². The van der Waals surface area contributed by atoms with Gasteiger partial charge in [0, 0.05) is 19.4 Å². The molecule has 0 aromatic carbocycles. The van der Waals surface area contributed by atoms with Crippen LogP contribution in [0.5, 0.6) is 0 Å². The fraction of sp³-hybridized carbons (Fsp3) is 0.800. The summed E-state index contributed by atoms with van der Waals surface area (Å²) in [7, 11) is 0. The molecule has 2 unspecified atom stereocenters. The van der Waals surface area contributed by atoms with Crippen molar-refractivity contribution in [1.82, 2.24) is 10.6 Å². The van der Waals surface area contributed by atoms with Crippen LogP contribution in [0.3, 0.4) is 0 Å². The summed E-state index contributed by atoms with van der Waals surface area (Å²) >= 11 is 0. The van der Waals surface area contributed by atoms with Gasteiger partial charge in [0.25, 0.3) is 0 Å². The van der Waals surface area contributed by atoms with Crippen molar-refractivity contribution < 1.29 is 29.0 Å². The van der Waals surface area contributed by atoms with Gasteiger partial charge in [0.05, 0.1) is 31.8 Å². The van der Waals surface area contributed by atoms with E-state index in [1.807, 2.05) is 12.2 Å². The van der Waals surface area contributed by atoms with Crippen LogP contribution < -0.4 is 10.6 Å². The monoisotopic (exact) mass is 466 g/mol. The summed E-state index contributed by atoms with van der Waals surface area (Å²) in [5.74, 6) is -0.527. The molecule has 2 rings (SSSR count). The van der Waals surface area contributed by atoms with Crippen molar-refractivity contribution >= 4 is 17.8 Å². The lowest BCUT2D eigenvalue weighted by Gasteiger charge is -2.28. The molecule has 0 bridgehead atoms. The number of carbonyl (C=O) groups excluding carboxylic acids is 3. The second-order valence-electron chi connectivity index (χ2n) is 9.17. The van der Waals surface area contributed by atoms with Crippen LogP contribution in [0.2, 0.25) is 0 Å². The first kappa shape index (κ1) is 27.3. The van der Waals surface area contributed by atoms with Gasteiger partial charge >= 0.3 is 5.97 Å². The first-order valence-corrected chi connectivity index (χ1v) is 12.6. The van der Waals surface area contributed by atoms with E-state index in [1.165, 1.54) is 19.3 Å². The topological polar surface area (TPSA) is 114 Å². The molecule has 2 atom stereocenters. The predicted octanol–water partition coefficient (Wildman–Crippen LogP) is 2.64. The van der Waals surface area contributed by atoms with Gasteiger partial charge in [0.2, 0.25) is 11.8 Å². The minimum atomic E-state index is -0.480. The minimum Gasteiger partial charge on any atom is -0.463 e. The minimum absolute atomic E-state index is 0.0557. The van der Waals surface area contributed by atoms with Gasteiger partial charge in [-0.15, -0.1) is 0 Å². The van der Waals surface area contributed by atoms with Gasteiger partial charge in [-0.3, -0.25) is 14.4 Å². The predicted molar refractivity (Wildman–Crippen MR) is 125 cm³/mol. The van der Waals surface area contributed by atoms with Crippen LogP contribution in [0.1, 0.15) is 77.0 Å². The maximum Gasteiger partial charge on any atom is 0.305 e. The SMILES string of the molecule is O=C(CC1CC=CCCCCC(=O)OCC(CC2CCCCC2)NC1=O)NCCOCCO. The maximum atomic E-state index is 13.2. The second kappa shape index (κ2) is 16.6. The molecule has 8 heteroatoms. The Morgan fingerprint density at radius 3 is 2.73 bits per heavy atom. The van der Waals surface area contributed by atoms with Crippen LogP contribution >= 0.6 is 0 Å². The quantitative estimate of drug-likeness (QED) is 0.273. The Kier molecular flexibility index (Phi) is 13.8. The molecule has 3 N–H and O–H groups in total. The highest BCUT2D eigenvalue weighted by Crippen LogP contribution is 2.27. The molecule has 1 fully saturated rings. The van der Waals surface area contributed by atoms with E-state index in [4.69, 9.17) is 14.6 Å². The number of allylic oxidation sites excluding steroid dienone is 2. The van der Waals surface area contributed by atoms with Crippen LogP contribution in [0.4, 0.5) is 0 Å². The van der Waals surface area contributed by atoms with Gasteiger partial charge in [0.1, 0.15) is 6.61 Å². The Balaban J connectivity index is 1.98. The zero-order chi connectivity index (χ0) is 23.7. The third-order valence-electron chi connectivity index (χ3n) is 6.33. The zero-order valence-electron chi connectivity index (χ0n) is 19.9. The molecule has 2 amide bonds. The summed E-state index contributed by atoms with van der Waals surface area (Å²) in [4.78, 5) is 37.7. The Labute approximate surface area is 197 Å². The molecule has 1 saturated carbocycles. The lowest BCUT2D eigenvalue weighted by molar-refractivity contribution is -0.145. The Bertz CT molecular complexity index is 618. The van der Waals surface area contributed by atoms with E-state index in [0.717, 1.165) is 38.5 Å². The fourth-order valence-corrected chi connectivity index (χ4v) is 4.50. The molecule has 188 valence electrons. The highest BCUT2D eigenvalue weighted by molar-refractivity contribution is 5.86. The highest BCUT2D eigenvalue weighted by Gasteiger charge is 2.26. The first-order valence-electron chi connectivity index (χ1n) is 12.6. The molecule has 0 spiro atoms. The molecule has 1 heterocycles. The normalized spacial score (nSPS) is 23.9. The number of hydrogen-bond acceptors (Lipinski definition) is 6. The van der Waals surface area contributed by atoms with Crippen molar-refractivity contribution in [2.75, 3.05) is 33.0 Å². The number of aliphatic hydroxyl groups is 1. The molecule has 33 heavy (non-hydrogen) atoms. The van der Waals surface area contributed by atoms with E-state index >= 15 is 0 Å². The number of esters is 1. The van der Waals surface area contributed by atoms with E-state index < -0.39 is 5.92 Å². The highest BCUT2D eigenvalue weighted by atomic mass is 16.5. The smallest absolute Gasteiger partial charge is 0.305 e. The molecule has 0 aromatic rings. The summed E-state index contributed by atoms with van der Waals surface area (Å²) in [5.41, 5.74) is 0. The Hall–Kier alpha value is -1.93. The zero-order valence-corrected chi connectivity index (χ0v) is 19.9. The van der Waals surface area contributed by atoms with Crippen molar-refractivity contribution in [3.05, 3.63) is 12.2 Å². The van der Waals surface area contributed by atoms with E-state index in [9.17, 15) is 14.4 Å². The second-order valence-corrected chi connectivity index (χ2v) is 9.17. The van der Waals surface area contributed by atoms with Crippen LogP contribution in [0.25, 0.3) is 0 Å². The standard InChI is InChI=1S/C25H42N2O6/c28-14-16-32-15-13-26-23(29)18-21-11-7-2-1-3-8-12-24(30)33-19-22(27-25(21)31)17-20-9-5-4-6-10-20/h2,7,20-22,28H,1,3-6,8-19H2,(H,26,29)(H,27,31). The number of carbonyl (C=O) groups is 3. The number of aliphatic hydroxyl groups excluding tert-OH is 1. The average Bonchev–Trinajstić information content (AvgIpc) is 2.81. The van der Waals surface area contributed by atoms with Crippen molar-refractivity contribution in [1.29, 1.82) is 0 Å². The van der Waals surface area contributed by atoms with Crippen LogP contribution in [0.15, 0.2) is 12.2 Å². The third kappa shape index (κ3) is 12.2. The van der Waals surface area contributed by atoms with E-state index in [1.54, 1.807) is 0 Å². The van der Waals surface area contributed by atoms with Crippen molar-refractivity contribution in [2.45, 2.75) is 83.1 Å². The first-order chi connectivity index (χ1) is 16.1. The molecule has 0 radical (unpaired) electrons. The third-order valence-corrected chi connectivity index (χ3v) is 6.33. The molecular weight excluding hydrogens is 424 g/mol. The van der Waals surface area contributed by atoms with Gasteiger partial charge in [-0.2, -0.15) is 0 Å². The maximum absolute atomic E-state index is 13.2. The van der Waals surface area contributed by atoms with Gasteiger partial charge < -0.3 is 25.2 Å². The van der Waals surface area contributed by atoms with Gasteiger partial charge in [-0.25, -0.2) is 0 Å². The summed E-state index contributed by atoms with van der Waals surface area (Å²) in [6.45, 7) is 1.03. The summed E-state index contributed by atoms with van der Waals surface area (Å²) in [5, 5.41) is 14.6. The molecular formula is C25H42N2O6. The van der Waals surface area contributed by atoms with Crippen molar-refractivity contribution in [2.24, 2.45) is 11.8 Å². The van der Waals surface area contributed by atoms with E-state index in [-0.39, 0.29) is 50.1 Å². The summed E-state index contributed by atoms with van der Waals surface area (Å²) in [6.07, 6.45) is 14.3. The number of hydrogen-bond donors (Lipinski definition) is 3. The van der Waals surface area contributed by atoms with Crippen LogP contribution in [-0.4, -0.2) is 61.9 Å². The number of nitrogens with one attached hydrogen (secondary N) is 2. The molecule has 0 saturated heterocycles. The largest absolute Gasteiger partial charge is 0.463 e. The number of amides is 2. The number of cyclic esters (lactones) is 1. The average molecular weight is 467 g/mol. The fourth-order valence-electron chi connectivity index (χ4n) is 4.50. The molecule has 0 aromatic heterocycles. The molecule has 8 nitrogen and oxygen atoms in total. The summed E-state index contributed by atoms with van der Waals surface area (Å²) in [6, 6.07) is -0.228. The van der Waals surface area contributed by atoms with Gasteiger partial charge in [0.15, 0.2) is 0 Å². The molecule has 1 aliphatic carbocycles. The van der Waals surface area contributed by atoms with Gasteiger partial charge in [-0.05, 0) is 38.0 Å². The molecule has 1 aliphatic heterocycles. The summed E-state index contributed by atoms with van der Waals surface area (Å²) < 4.78 is 10.7. The lowest BCUT2D eigenvalue weighted by atomic mass is 9.84. The van der Waals surface area contributed by atoms with Crippen molar-refractivity contribution in [3.8, 4) is 0 Å². The number of rotatable bonds is 9.